The van der Waals surface area contributed by atoms with Gasteiger partial charge in [0.05, 0.1) is 10.6 Å². The number of hydrogen-bond donors (Lipinski definition) is 1. The van der Waals surface area contributed by atoms with Crippen LogP contribution in [0.25, 0.3) is 0 Å². The van der Waals surface area contributed by atoms with Crippen LogP contribution in [-0.4, -0.2) is 24.0 Å². The van der Waals surface area contributed by atoms with E-state index >= 15 is 0 Å². The third-order valence-electron chi connectivity index (χ3n) is 5.80. The second kappa shape index (κ2) is 7.28. The van der Waals surface area contributed by atoms with Crippen LogP contribution < -0.4 is 10.2 Å². The molecule has 0 atom stereocenters. The van der Waals surface area contributed by atoms with E-state index in [9.17, 15) is 4.79 Å². The number of carbonyl (C=O) groups is 1. The lowest BCUT2D eigenvalue weighted by Crippen LogP contribution is -2.53. The molecule has 26 heavy (non-hydrogen) atoms. The van der Waals surface area contributed by atoms with Crippen LogP contribution in [0.3, 0.4) is 0 Å². The number of anilines is 1. The Labute approximate surface area is 159 Å². The van der Waals surface area contributed by atoms with Crippen LogP contribution in [0.1, 0.15) is 37.7 Å². The summed E-state index contributed by atoms with van der Waals surface area (Å²) < 4.78 is 0. The van der Waals surface area contributed by atoms with Crippen LogP contribution in [-0.2, 0) is 10.3 Å². The molecule has 5 heteroatoms. The third kappa shape index (κ3) is 3.43. The Morgan fingerprint density at radius 2 is 1.85 bits per heavy atom. The largest absolute Gasteiger partial charge is 0.357 e. The fraction of sp³-hybridized carbons (Fsp3) is 0.429. The van der Waals surface area contributed by atoms with Crippen LogP contribution in [0, 0.1) is 5.92 Å². The van der Waals surface area contributed by atoms with Gasteiger partial charge in [0.25, 0.3) is 0 Å². The van der Waals surface area contributed by atoms with Gasteiger partial charge < -0.3 is 10.2 Å². The van der Waals surface area contributed by atoms with Gasteiger partial charge in [-0.25, -0.2) is 4.98 Å². The van der Waals surface area contributed by atoms with Crippen molar-refractivity contribution in [3.8, 4) is 0 Å². The SMILES string of the molecule is O=C(NC1(c2ccccc2)CCC1)C1CCN(c2ccc(Cl)cn2)CC1. The van der Waals surface area contributed by atoms with Crippen molar-refractivity contribution in [1.29, 1.82) is 0 Å². The quantitative estimate of drug-likeness (QED) is 0.880. The summed E-state index contributed by atoms with van der Waals surface area (Å²) in [5.41, 5.74) is 1.09. The fourth-order valence-electron chi connectivity index (χ4n) is 4.04. The number of aromatic nitrogens is 1. The Morgan fingerprint density at radius 3 is 2.42 bits per heavy atom. The number of carbonyl (C=O) groups excluding carboxylic acids is 1. The number of benzene rings is 1. The van der Waals surface area contributed by atoms with Crippen molar-refractivity contribution in [2.45, 2.75) is 37.6 Å². The Kier molecular flexibility index (Phi) is 4.86. The Balaban J connectivity index is 1.37. The summed E-state index contributed by atoms with van der Waals surface area (Å²) in [6.07, 6.45) is 6.65. The zero-order valence-corrected chi connectivity index (χ0v) is 15.6. The molecular weight excluding hydrogens is 346 g/mol. The summed E-state index contributed by atoms with van der Waals surface area (Å²) in [7, 11) is 0. The molecular formula is C21H24ClN3O. The molecule has 1 saturated heterocycles. The normalized spacial score (nSPS) is 19.7. The molecule has 1 amide bonds. The van der Waals surface area contributed by atoms with Gasteiger partial charge in [0.1, 0.15) is 5.82 Å². The zero-order chi connectivity index (χ0) is 18.0. The smallest absolute Gasteiger partial charge is 0.223 e. The maximum Gasteiger partial charge on any atom is 0.223 e. The van der Waals surface area contributed by atoms with E-state index in [1.54, 1.807) is 6.20 Å². The minimum Gasteiger partial charge on any atom is -0.357 e. The summed E-state index contributed by atoms with van der Waals surface area (Å²) >= 11 is 5.91. The molecule has 0 radical (unpaired) electrons. The molecule has 1 aliphatic heterocycles. The van der Waals surface area contributed by atoms with Gasteiger partial charge in [-0.1, -0.05) is 41.9 Å². The van der Waals surface area contributed by atoms with E-state index in [2.05, 4.69) is 39.5 Å². The molecule has 2 aromatic rings. The number of nitrogens with one attached hydrogen (secondary N) is 1. The van der Waals surface area contributed by atoms with E-state index in [-0.39, 0.29) is 17.4 Å². The van der Waals surface area contributed by atoms with Gasteiger partial charge in [0.2, 0.25) is 5.91 Å². The van der Waals surface area contributed by atoms with E-state index in [1.807, 2.05) is 18.2 Å². The van der Waals surface area contributed by atoms with Crippen molar-refractivity contribution in [2.75, 3.05) is 18.0 Å². The molecule has 0 unspecified atom stereocenters. The van der Waals surface area contributed by atoms with E-state index < -0.39 is 0 Å². The lowest BCUT2D eigenvalue weighted by atomic mass is 9.71. The first-order valence-corrected chi connectivity index (χ1v) is 9.78. The minimum absolute atomic E-state index is 0.0831. The van der Waals surface area contributed by atoms with Crippen molar-refractivity contribution in [3.63, 3.8) is 0 Å². The molecule has 1 aromatic carbocycles. The molecule has 2 heterocycles. The van der Waals surface area contributed by atoms with Gasteiger partial charge in [-0.15, -0.1) is 0 Å². The molecule has 2 aliphatic rings. The van der Waals surface area contributed by atoms with Gasteiger partial charge >= 0.3 is 0 Å². The summed E-state index contributed by atoms with van der Waals surface area (Å²) in [6.45, 7) is 1.70. The van der Waals surface area contributed by atoms with Gasteiger partial charge in [0.15, 0.2) is 0 Å². The Bertz CT molecular complexity index is 751. The molecule has 2 fully saturated rings. The van der Waals surface area contributed by atoms with Gasteiger partial charge in [0, 0.05) is 25.2 Å². The highest BCUT2D eigenvalue weighted by Crippen LogP contribution is 2.41. The van der Waals surface area contributed by atoms with Crippen LogP contribution in [0.5, 0.6) is 0 Å². The first kappa shape index (κ1) is 17.3. The third-order valence-corrected chi connectivity index (χ3v) is 6.02. The number of hydrogen-bond acceptors (Lipinski definition) is 3. The summed E-state index contributed by atoms with van der Waals surface area (Å²) in [5, 5.41) is 4.04. The average Bonchev–Trinajstić information content (AvgIpc) is 2.66. The van der Waals surface area contributed by atoms with Gasteiger partial charge in [-0.05, 0) is 49.8 Å². The number of halogens is 1. The van der Waals surface area contributed by atoms with Crippen molar-refractivity contribution in [2.24, 2.45) is 5.92 Å². The summed E-state index contributed by atoms with van der Waals surface area (Å²) in [6, 6.07) is 14.2. The van der Waals surface area contributed by atoms with Crippen molar-refractivity contribution in [3.05, 3.63) is 59.2 Å². The second-order valence-electron chi connectivity index (χ2n) is 7.39. The van der Waals surface area contributed by atoms with Crippen LogP contribution >= 0.6 is 11.6 Å². The topological polar surface area (TPSA) is 45.2 Å². The molecule has 1 aromatic heterocycles. The van der Waals surface area contributed by atoms with E-state index in [4.69, 9.17) is 11.6 Å². The van der Waals surface area contributed by atoms with Crippen molar-refractivity contribution < 1.29 is 4.79 Å². The number of rotatable bonds is 4. The molecule has 4 nitrogen and oxygen atoms in total. The molecule has 0 spiro atoms. The van der Waals surface area contributed by atoms with E-state index in [0.717, 1.165) is 44.6 Å². The molecule has 1 aliphatic carbocycles. The molecule has 1 saturated carbocycles. The number of amides is 1. The highest BCUT2D eigenvalue weighted by Gasteiger charge is 2.41. The Morgan fingerprint density at radius 1 is 1.12 bits per heavy atom. The first-order valence-electron chi connectivity index (χ1n) is 9.40. The first-order chi connectivity index (χ1) is 12.7. The predicted molar refractivity (Wildman–Crippen MR) is 104 cm³/mol. The van der Waals surface area contributed by atoms with Crippen LogP contribution in [0.2, 0.25) is 5.02 Å². The maximum atomic E-state index is 12.9. The molecule has 0 bridgehead atoms. The zero-order valence-electron chi connectivity index (χ0n) is 14.8. The van der Waals surface area contributed by atoms with E-state index in [1.165, 1.54) is 12.0 Å². The number of piperidine rings is 1. The average molecular weight is 370 g/mol. The summed E-state index contributed by atoms with van der Waals surface area (Å²) in [5.74, 6) is 1.23. The standard InChI is InChI=1S/C21H24ClN3O/c22-18-7-8-19(23-15-18)25-13-9-16(10-14-25)20(26)24-21(11-4-12-21)17-5-2-1-3-6-17/h1-3,5-8,15-16H,4,9-14H2,(H,24,26). The molecule has 1 N–H and O–H groups in total. The van der Waals surface area contributed by atoms with Crippen LogP contribution in [0.4, 0.5) is 5.82 Å². The van der Waals surface area contributed by atoms with Crippen molar-refractivity contribution >= 4 is 23.3 Å². The molecule has 136 valence electrons. The van der Waals surface area contributed by atoms with Crippen LogP contribution in [0.15, 0.2) is 48.7 Å². The fourth-order valence-corrected chi connectivity index (χ4v) is 4.15. The molecule has 4 rings (SSSR count). The van der Waals surface area contributed by atoms with Crippen molar-refractivity contribution in [1.82, 2.24) is 10.3 Å². The minimum atomic E-state index is -0.146. The Hall–Kier alpha value is -2.07. The summed E-state index contributed by atoms with van der Waals surface area (Å²) in [4.78, 5) is 19.5. The number of nitrogens with zero attached hydrogens (tertiary/aromatic N) is 2. The van der Waals surface area contributed by atoms with E-state index in [0.29, 0.717) is 5.02 Å². The maximum absolute atomic E-state index is 12.9. The highest BCUT2D eigenvalue weighted by atomic mass is 35.5. The monoisotopic (exact) mass is 369 g/mol. The lowest BCUT2D eigenvalue weighted by molar-refractivity contribution is -0.129. The van der Waals surface area contributed by atoms with Gasteiger partial charge in [-0.2, -0.15) is 0 Å². The predicted octanol–water partition coefficient (Wildman–Crippen LogP) is 4.15. The second-order valence-corrected chi connectivity index (χ2v) is 7.82. The van der Waals surface area contributed by atoms with Gasteiger partial charge in [-0.3, -0.25) is 4.79 Å². The lowest BCUT2D eigenvalue weighted by Gasteiger charge is -2.44. The highest BCUT2D eigenvalue weighted by molar-refractivity contribution is 6.30. The number of pyridine rings is 1.